The van der Waals surface area contributed by atoms with E-state index in [2.05, 4.69) is 0 Å². The smallest absolute Gasteiger partial charge is 0.410 e. The van der Waals surface area contributed by atoms with Gasteiger partial charge in [0, 0.05) is 38.9 Å². The molecule has 0 bridgehead atoms. The second-order valence-electron chi connectivity index (χ2n) is 11.9. The van der Waals surface area contributed by atoms with Gasteiger partial charge in [-0.05, 0) is 42.7 Å². The number of imidazole rings is 1. The van der Waals surface area contributed by atoms with Crippen LogP contribution in [-0.2, 0) is 34.0 Å². The molecular weight excluding hydrogens is 602 g/mol. The predicted octanol–water partition coefficient (Wildman–Crippen LogP) is 3.87. The molecule has 3 aliphatic rings. The standard InChI is InChI=1S/C35H35N5O7/c41-32(37-14-16-38(17-15-37)35(44)47-22-24-7-2-1-3-8-24)23-46-25-12-13-29-30(19-25)39(20-26-9-6-18-45-26)31(36-29)21-40-33(42)27-10-4-5-11-28(27)34(40)43/h1-5,7-8,10-13,19,26H,6,9,14-18,20-23H2/t26-/m0/s1. The van der Waals surface area contributed by atoms with Gasteiger partial charge in [0.1, 0.15) is 18.2 Å². The molecule has 2 fully saturated rings. The van der Waals surface area contributed by atoms with Crippen LogP contribution in [0.2, 0.25) is 0 Å². The largest absolute Gasteiger partial charge is 0.484 e. The molecule has 0 spiro atoms. The minimum Gasteiger partial charge on any atom is -0.484 e. The third-order valence-corrected chi connectivity index (χ3v) is 8.84. The van der Waals surface area contributed by atoms with Gasteiger partial charge in [-0.3, -0.25) is 19.3 Å². The van der Waals surface area contributed by atoms with Crippen molar-refractivity contribution in [1.82, 2.24) is 24.3 Å². The molecule has 47 heavy (non-hydrogen) atoms. The number of carbonyl (C=O) groups excluding carboxylic acids is 4. The molecule has 0 aliphatic carbocycles. The fourth-order valence-electron chi connectivity index (χ4n) is 6.27. The molecule has 1 atom stereocenters. The fourth-order valence-corrected chi connectivity index (χ4v) is 6.27. The Hall–Kier alpha value is -5.23. The third kappa shape index (κ3) is 6.41. The van der Waals surface area contributed by atoms with Crippen LogP contribution in [0, 0.1) is 0 Å². The van der Waals surface area contributed by atoms with Crippen LogP contribution in [-0.4, -0.2) is 93.6 Å². The molecule has 3 aliphatic heterocycles. The lowest BCUT2D eigenvalue weighted by Crippen LogP contribution is -2.51. The summed E-state index contributed by atoms with van der Waals surface area (Å²) in [5.41, 5.74) is 3.15. The Balaban J connectivity index is 0.996. The van der Waals surface area contributed by atoms with E-state index in [9.17, 15) is 19.2 Å². The van der Waals surface area contributed by atoms with E-state index in [-0.39, 0.29) is 43.6 Å². The molecule has 0 radical (unpaired) electrons. The van der Waals surface area contributed by atoms with Gasteiger partial charge in [-0.25, -0.2) is 9.78 Å². The van der Waals surface area contributed by atoms with Crippen LogP contribution in [0.4, 0.5) is 4.79 Å². The summed E-state index contributed by atoms with van der Waals surface area (Å²) in [4.78, 5) is 61.1. The highest BCUT2D eigenvalue weighted by atomic mass is 16.6. The maximum Gasteiger partial charge on any atom is 0.410 e. The van der Waals surface area contributed by atoms with Crippen molar-refractivity contribution in [3.05, 3.63) is 95.3 Å². The summed E-state index contributed by atoms with van der Waals surface area (Å²) in [7, 11) is 0. The first-order chi connectivity index (χ1) is 22.9. The number of nitrogens with zero attached hydrogens (tertiary/aromatic N) is 5. The number of hydrogen-bond acceptors (Lipinski definition) is 8. The second kappa shape index (κ2) is 13.2. The van der Waals surface area contributed by atoms with Crippen LogP contribution < -0.4 is 4.74 Å². The van der Waals surface area contributed by atoms with Crippen molar-refractivity contribution < 1.29 is 33.4 Å². The molecule has 12 heteroatoms. The summed E-state index contributed by atoms with van der Waals surface area (Å²) in [6.45, 7) is 2.79. The maximum absolute atomic E-state index is 13.1. The Morgan fingerprint density at radius 2 is 1.57 bits per heavy atom. The zero-order valence-corrected chi connectivity index (χ0v) is 25.9. The Morgan fingerprint density at radius 1 is 0.872 bits per heavy atom. The monoisotopic (exact) mass is 637 g/mol. The molecule has 12 nitrogen and oxygen atoms in total. The van der Waals surface area contributed by atoms with E-state index in [1.807, 2.05) is 47.0 Å². The average molecular weight is 638 g/mol. The van der Waals surface area contributed by atoms with Crippen LogP contribution in [0.5, 0.6) is 5.75 Å². The minimum atomic E-state index is -0.396. The van der Waals surface area contributed by atoms with E-state index < -0.39 is 6.09 Å². The van der Waals surface area contributed by atoms with Crippen LogP contribution in [0.3, 0.4) is 0 Å². The van der Waals surface area contributed by atoms with E-state index in [1.54, 1.807) is 40.1 Å². The van der Waals surface area contributed by atoms with E-state index in [0.29, 0.717) is 67.5 Å². The Labute approximate surface area is 271 Å². The Bertz CT molecular complexity index is 1770. The van der Waals surface area contributed by atoms with E-state index in [4.69, 9.17) is 19.2 Å². The summed E-state index contributed by atoms with van der Waals surface area (Å²) < 4.78 is 19.3. The lowest BCUT2D eigenvalue weighted by Gasteiger charge is -2.34. The van der Waals surface area contributed by atoms with Crippen LogP contribution in [0.15, 0.2) is 72.8 Å². The van der Waals surface area contributed by atoms with Gasteiger partial charge in [0.15, 0.2) is 6.61 Å². The first-order valence-electron chi connectivity index (χ1n) is 15.9. The van der Waals surface area contributed by atoms with E-state index in [1.165, 1.54) is 4.90 Å². The van der Waals surface area contributed by atoms with E-state index in [0.717, 1.165) is 23.9 Å². The van der Waals surface area contributed by atoms with Gasteiger partial charge < -0.3 is 28.6 Å². The number of carbonyl (C=O) groups is 4. The zero-order valence-electron chi connectivity index (χ0n) is 25.9. The van der Waals surface area contributed by atoms with E-state index >= 15 is 0 Å². The Kier molecular flexibility index (Phi) is 8.58. The lowest BCUT2D eigenvalue weighted by molar-refractivity contribution is -0.135. The SMILES string of the molecule is O=C(COc1ccc2nc(CN3C(=O)c4ccccc4C3=O)n(C[C@@H]3CCCO3)c2c1)N1CCN(C(=O)OCc2ccccc2)CC1. The molecule has 3 aromatic carbocycles. The van der Waals surface area contributed by atoms with Gasteiger partial charge in [-0.15, -0.1) is 0 Å². The van der Waals surface area contributed by atoms with Gasteiger partial charge in [0.05, 0.1) is 41.4 Å². The van der Waals surface area contributed by atoms with Gasteiger partial charge >= 0.3 is 6.09 Å². The van der Waals surface area contributed by atoms with Gasteiger partial charge in [-0.1, -0.05) is 42.5 Å². The van der Waals surface area contributed by atoms with Crippen molar-refractivity contribution in [3.8, 4) is 5.75 Å². The number of amides is 4. The topological polar surface area (TPSA) is 124 Å². The van der Waals surface area contributed by atoms with Crippen LogP contribution >= 0.6 is 0 Å². The van der Waals surface area contributed by atoms with Crippen molar-refractivity contribution in [2.75, 3.05) is 39.4 Å². The highest BCUT2D eigenvalue weighted by molar-refractivity contribution is 6.21. The average Bonchev–Trinajstić information content (AvgIpc) is 3.81. The minimum absolute atomic E-state index is 0.0197. The number of piperazine rings is 1. The number of hydrogen-bond donors (Lipinski definition) is 0. The highest BCUT2D eigenvalue weighted by Gasteiger charge is 2.36. The second-order valence-corrected chi connectivity index (χ2v) is 11.9. The first kappa shape index (κ1) is 30.4. The molecule has 0 unspecified atom stereocenters. The van der Waals surface area contributed by atoms with Gasteiger partial charge in [0.25, 0.3) is 17.7 Å². The molecule has 242 valence electrons. The highest BCUT2D eigenvalue weighted by Crippen LogP contribution is 2.28. The third-order valence-electron chi connectivity index (χ3n) is 8.84. The van der Waals surface area contributed by atoms with Crippen molar-refractivity contribution >= 4 is 34.8 Å². The predicted molar refractivity (Wildman–Crippen MR) is 170 cm³/mol. The van der Waals surface area contributed by atoms with Crippen molar-refractivity contribution in [3.63, 3.8) is 0 Å². The summed E-state index contributed by atoms with van der Waals surface area (Å²) >= 11 is 0. The lowest BCUT2D eigenvalue weighted by atomic mass is 10.1. The normalized spacial score (nSPS) is 17.8. The number of benzene rings is 3. The number of aromatic nitrogens is 2. The van der Waals surface area contributed by atoms with Gasteiger partial charge in [0.2, 0.25) is 0 Å². The number of fused-ring (bicyclic) bond motifs is 2. The van der Waals surface area contributed by atoms with Crippen molar-refractivity contribution in [2.24, 2.45) is 0 Å². The molecule has 1 aromatic heterocycles. The van der Waals surface area contributed by atoms with Crippen molar-refractivity contribution in [2.45, 2.75) is 38.6 Å². The quantitative estimate of drug-likeness (QED) is 0.254. The molecule has 4 aromatic rings. The number of ether oxygens (including phenoxy) is 3. The van der Waals surface area contributed by atoms with Gasteiger partial charge in [-0.2, -0.15) is 0 Å². The van der Waals surface area contributed by atoms with Crippen molar-refractivity contribution in [1.29, 1.82) is 0 Å². The molecular formula is C35H35N5O7. The molecule has 0 N–H and O–H groups in total. The fraction of sp³-hybridized carbons (Fsp3) is 0.343. The molecule has 7 rings (SSSR count). The maximum atomic E-state index is 13.1. The molecule has 4 amide bonds. The molecule has 0 saturated carbocycles. The van der Waals surface area contributed by atoms with Crippen LogP contribution in [0.1, 0.15) is 44.9 Å². The summed E-state index contributed by atoms with van der Waals surface area (Å²) in [5.74, 6) is 0.206. The number of imide groups is 1. The molecule has 4 heterocycles. The molecule has 2 saturated heterocycles. The Morgan fingerprint density at radius 3 is 2.28 bits per heavy atom. The summed E-state index contributed by atoms with van der Waals surface area (Å²) in [6.07, 6.45) is 1.45. The summed E-state index contributed by atoms with van der Waals surface area (Å²) in [5, 5.41) is 0. The zero-order chi connectivity index (χ0) is 32.3. The summed E-state index contributed by atoms with van der Waals surface area (Å²) in [6, 6.07) is 21.7. The first-order valence-corrected chi connectivity index (χ1v) is 15.9. The number of rotatable bonds is 9. The van der Waals surface area contributed by atoms with Crippen LogP contribution in [0.25, 0.3) is 11.0 Å².